The van der Waals surface area contributed by atoms with Crippen molar-refractivity contribution in [2.24, 2.45) is 0 Å². The summed E-state index contributed by atoms with van der Waals surface area (Å²) in [4.78, 5) is 0. The molecular weight excluding hydrogens is 608 g/mol. The molecular formula is C32H30O14. The Morgan fingerprint density at radius 1 is 0.587 bits per heavy atom. The predicted octanol–water partition coefficient (Wildman–Crippen LogP) is 3.01. The van der Waals surface area contributed by atoms with Crippen molar-refractivity contribution in [3.05, 3.63) is 70.3 Å². The van der Waals surface area contributed by atoms with Gasteiger partial charge in [0, 0.05) is 52.4 Å². The standard InChI is InChI=1S/C32H30O14/c1-43-31-18(37)3-11(4-19(31)38)28-22(41)9-14-15(34)10-17(36)25(30(14)46-28)26-24-16(35)7-13(33)8-23(24)45-29(27(26)42)12-5-20(39)32(44-2)21(40)6-12/h3-8,10,22,26-29,33-42H,9H2,1-2H3. The molecule has 14 heteroatoms. The van der Waals surface area contributed by atoms with Crippen molar-refractivity contribution >= 4 is 0 Å². The van der Waals surface area contributed by atoms with Gasteiger partial charge in [-0.05, 0) is 24.3 Å². The van der Waals surface area contributed by atoms with Crippen molar-refractivity contribution in [1.82, 2.24) is 0 Å². The van der Waals surface area contributed by atoms with Crippen LogP contribution in [0.5, 0.6) is 69.0 Å². The fourth-order valence-electron chi connectivity index (χ4n) is 6.26. The van der Waals surface area contributed by atoms with E-state index in [4.69, 9.17) is 18.9 Å². The van der Waals surface area contributed by atoms with E-state index >= 15 is 0 Å². The molecule has 2 heterocycles. The third-order valence-electron chi connectivity index (χ3n) is 8.23. The Balaban J connectivity index is 1.55. The number of methoxy groups -OCH3 is 2. The number of phenolic OH excluding ortho intramolecular Hbond substituents is 8. The van der Waals surface area contributed by atoms with Crippen LogP contribution in [0.15, 0.2) is 42.5 Å². The van der Waals surface area contributed by atoms with Gasteiger partial charge >= 0.3 is 0 Å². The lowest BCUT2D eigenvalue weighted by molar-refractivity contribution is 0.00106. The number of phenols is 8. The van der Waals surface area contributed by atoms with Crippen LogP contribution in [0.3, 0.4) is 0 Å². The largest absolute Gasteiger partial charge is 0.508 e. The summed E-state index contributed by atoms with van der Waals surface area (Å²) >= 11 is 0. The van der Waals surface area contributed by atoms with Gasteiger partial charge in [0.25, 0.3) is 0 Å². The zero-order valence-electron chi connectivity index (χ0n) is 24.2. The minimum atomic E-state index is -1.70. The molecule has 0 saturated carbocycles. The lowest BCUT2D eigenvalue weighted by Gasteiger charge is -2.40. The Morgan fingerprint density at radius 2 is 1.11 bits per heavy atom. The molecule has 242 valence electrons. The van der Waals surface area contributed by atoms with Gasteiger partial charge in [0.05, 0.1) is 26.2 Å². The van der Waals surface area contributed by atoms with Gasteiger partial charge < -0.3 is 70.0 Å². The molecule has 2 aliphatic rings. The molecule has 46 heavy (non-hydrogen) atoms. The third kappa shape index (κ3) is 4.74. The fraction of sp³-hybridized carbons (Fsp3) is 0.250. The van der Waals surface area contributed by atoms with Gasteiger partial charge in [-0.15, -0.1) is 0 Å². The summed E-state index contributed by atoms with van der Waals surface area (Å²) in [5, 5.41) is 108. The molecule has 0 aromatic heterocycles. The lowest BCUT2D eigenvalue weighted by atomic mass is 9.77. The van der Waals surface area contributed by atoms with Crippen molar-refractivity contribution in [2.45, 2.75) is 36.8 Å². The van der Waals surface area contributed by atoms with Crippen molar-refractivity contribution in [1.29, 1.82) is 0 Å². The van der Waals surface area contributed by atoms with Gasteiger partial charge in [0.2, 0.25) is 11.5 Å². The van der Waals surface area contributed by atoms with E-state index in [1.807, 2.05) is 0 Å². The smallest absolute Gasteiger partial charge is 0.202 e. The first-order chi connectivity index (χ1) is 21.8. The second kappa shape index (κ2) is 11.1. The van der Waals surface area contributed by atoms with Crippen LogP contribution in [-0.4, -0.2) is 77.5 Å². The highest BCUT2D eigenvalue weighted by atomic mass is 16.5. The van der Waals surface area contributed by atoms with E-state index in [0.717, 1.165) is 18.2 Å². The topological polar surface area (TPSA) is 239 Å². The second-order valence-electron chi connectivity index (χ2n) is 11.0. The van der Waals surface area contributed by atoms with E-state index in [-0.39, 0.29) is 57.2 Å². The van der Waals surface area contributed by atoms with E-state index < -0.39 is 76.3 Å². The molecule has 4 aromatic rings. The second-order valence-corrected chi connectivity index (χ2v) is 11.0. The highest BCUT2D eigenvalue weighted by Gasteiger charge is 2.46. The highest BCUT2D eigenvalue weighted by Crippen LogP contribution is 2.57. The summed E-state index contributed by atoms with van der Waals surface area (Å²) in [6.07, 6.45) is -5.96. The van der Waals surface area contributed by atoms with Crippen LogP contribution < -0.4 is 18.9 Å². The molecule has 0 spiro atoms. The summed E-state index contributed by atoms with van der Waals surface area (Å²) in [6.45, 7) is 0. The minimum Gasteiger partial charge on any atom is -0.508 e. The number of aromatic hydroxyl groups is 8. The molecule has 5 atom stereocenters. The Kier molecular flexibility index (Phi) is 7.33. The summed E-state index contributed by atoms with van der Waals surface area (Å²) in [6, 6.07) is 7.88. The van der Waals surface area contributed by atoms with Crippen LogP contribution in [0.25, 0.3) is 0 Å². The summed E-state index contributed by atoms with van der Waals surface area (Å²) in [7, 11) is 2.47. The number of aliphatic hydroxyl groups excluding tert-OH is 2. The van der Waals surface area contributed by atoms with E-state index in [2.05, 4.69) is 0 Å². The summed E-state index contributed by atoms with van der Waals surface area (Å²) in [5.74, 6) is -6.03. The van der Waals surface area contributed by atoms with Crippen LogP contribution in [0.2, 0.25) is 0 Å². The van der Waals surface area contributed by atoms with E-state index in [9.17, 15) is 51.1 Å². The quantitative estimate of drug-likeness (QED) is 0.151. The third-order valence-corrected chi connectivity index (χ3v) is 8.23. The number of fused-ring (bicyclic) bond motifs is 2. The summed E-state index contributed by atoms with van der Waals surface area (Å²) < 4.78 is 22.1. The normalized spacial score (nSPS) is 21.8. The average Bonchev–Trinajstić information content (AvgIpc) is 2.97. The molecule has 0 bridgehead atoms. The van der Waals surface area contributed by atoms with Crippen molar-refractivity contribution in [3.8, 4) is 69.0 Å². The van der Waals surface area contributed by atoms with E-state index in [0.29, 0.717) is 0 Å². The molecule has 10 N–H and O–H groups in total. The molecule has 0 fully saturated rings. The zero-order valence-corrected chi connectivity index (χ0v) is 24.2. The number of benzene rings is 4. The van der Waals surface area contributed by atoms with Crippen molar-refractivity contribution in [3.63, 3.8) is 0 Å². The van der Waals surface area contributed by atoms with Crippen molar-refractivity contribution in [2.75, 3.05) is 14.2 Å². The van der Waals surface area contributed by atoms with Crippen LogP contribution in [0.1, 0.15) is 45.9 Å². The Bertz CT molecular complexity index is 1810. The maximum atomic E-state index is 11.9. The van der Waals surface area contributed by atoms with Gasteiger partial charge in [-0.1, -0.05) is 0 Å². The minimum absolute atomic E-state index is 0.0355. The highest BCUT2D eigenvalue weighted by molar-refractivity contribution is 5.66. The SMILES string of the molecule is COc1c(O)cc(C2Oc3c(c(O)cc(O)c3C3c4c(O)cc(O)cc4OC(c4cc(O)c(OC)c(O)c4)C3O)CC2O)cc1O. The number of ether oxygens (including phenoxy) is 4. The number of hydrogen-bond donors (Lipinski definition) is 10. The van der Waals surface area contributed by atoms with Crippen molar-refractivity contribution < 1.29 is 70.0 Å². The maximum Gasteiger partial charge on any atom is 0.202 e. The Morgan fingerprint density at radius 3 is 1.65 bits per heavy atom. The van der Waals surface area contributed by atoms with Crippen LogP contribution in [-0.2, 0) is 6.42 Å². The predicted molar refractivity (Wildman–Crippen MR) is 156 cm³/mol. The van der Waals surface area contributed by atoms with Crippen LogP contribution in [0, 0.1) is 0 Å². The molecule has 0 saturated heterocycles. The molecule has 6 rings (SSSR count). The molecule has 2 aliphatic heterocycles. The first-order valence-corrected chi connectivity index (χ1v) is 13.9. The zero-order chi connectivity index (χ0) is 33.2. The van der Waals surface area contributed by atoms with Gasteiger partial charge in [0.1, 0.15) is 40.6 Å². The first-order valence-electron chi connectivity index (χ1n) is 13.9. The number of hydrogen-bond acceptors (Lipinski definition) is 14. The first kappa shape index (κ1) is 30.4. The van der Waals surface area contributed by atoms with Gasteiger partial charge in [0.15, 0.2) is 35.2 Å². The Hall–Kier alpha value is -5.60. The van der Waals surface area contributed by atoms with E-state index in [1.165, 1.54) is 38.5 Å². The monoisotopic (exact) mass is 638 g/mol. The van der Waals surface area contributed by atoms with E-state index in [1.54, 1.807) is 0 Å². The summed E-state index contributed by atoms with van der Waals surface area (Å²) in [5.41, 5.74) is -0.0551. The van der Waals surface area contributed by atoms with Gasteiger partial charge in [-0.3, -0.25) is 0 Å². The van der Waals surface area contributed by atoms with Crippen LogP contribution in [0.4, 0.5) is 0 Å². The van der Waals surface area contributed by atoms with Gasteiger partial charge in [-0.25, -0.2) is 0 Å². The van der Waals surface area contributed by atoms with Gasteiger partial charge in [-0.2, -0.15) is 0 Å². The number of rotatable bonds is 5. The molecule has 0 aliphatic carbocycles. The maximum absolute atomic E-state index is 11.9. The molecule has 14 nitrogen and oxygen atoms in total. The fourth-order valence-corrected chi connectivity index (χ4v) is 6.26. The Labute approximate surface area is 260 Å². The van der Waals surface area contributed by atoms with Crippen LogP contribution >= 0.6 is 0 Å². The number of aliphatic hydroxyl groups is 2. The molecule has 5 unspecified atom stereocenters. The molecule has 0 radical (unpaired) electrons. The average molecular weight is 639 g/mol. The lowest BCUT2D eigenvalue weighted by Crippen LogP contribution is -2.36. The molecule has 0 amide bonds. The molecule has 4 aromatic carbocycles.